The third-order valence-corrected chi connectivity index (χ3v) is 5.91. The lowest BCUT2D eigenvalue weighted by atomic mass is 10.4. The first-order valence-corrected chi connectivity index (χ1v) is 10.3. The van der Waals surface area contributed by atoms with Crippen molar-refractivity contribution in [2.45, 2.75) is 47.6 Å². The average molecular weight is 382 g/mol. The van der Waals surface area contributed by atoms with E-state index in [1.54, 1.807) is 41.5 Å². The standard InChI is InChI=1S/C16H31O8P/c1-7-19-14(17)13(15(18)20-8-2)25(23-11-5,24-12-6)16(21-9-3)22-10-4/h16H,7-12H2,1-6H3. The van der Waals surface area contributed by atoms with Gasteiger partial charge in [-0.25, -0.2) is 9.59 Å². The second-order valence-electron chi connectivity index (χ2n) is 4.44. The Kier molecular flexibility index (Phi) is 12.8. The van der Waals surface area contributed by atoms with Crippen molar-refractivity contribution in [3.63, 3.8) is 0 Å². The molecule has 0 aliphatic carbocycles. The van der Waals surface area contributed by atoms with Gasteiger partial charge in [-0.1, -0.05) is 0 Å². The van der Waals surface area contributed by atoms with Crippen LogP contribution >= 0.6 is 7.34 Å². The summed E-state index contributed by atoms with van der Waals surface area (Å²) in [7, 11) is -3.40. The molecule has 0 N–H and O–H groups in total. The Balaban J connectivity index is 6.63. The molecule has 0 aliphatic rings. The van der Waals surface area contributed by atoms with Gasteiger partial charge in [0.05, 0.1) is 26.4 Å². The molecule has 0 spiro atoms. The smallest absolute Gasteiger partial charge is 0.350 e. The molecule has 0 bridgehead atoms. The highest BCUT2D eigenvalue weighted by atomic mass is 31.2. The molecule has 8 nitrogen and oxygen atoms in total. The largest absolute Gasteiger partial charge is 0.462 e. The second kappa shape index (κ2) is 13.3. The highest BCUT2D eigenvalue weighted by Crippen LogP contribution is 2.57. The second-order valence-corrected chi connectivity index (χ2v) is 7.02. The SMILES string of the molecule is CCOC(=O)C(C(=O)OCC)=P(OCC)(OCC)C(OCC)OCC. The van der Waals surface area contributed by atoms with Crippen LogP contribution in [0.25, 0.3) is 0 Å². The summed E-state index contributed by atoms with van der Waals surface area (Å²) in [5.74, 6) is -1.69. The molecule has 0 aromatic rings. The van der Waals surface area contributed by atoms with Gasteiger partial charge in [-0.05, 0) is 41.5 Å². The molecule has 0 saturated heterocycles. The zero-order chi connectivity index (χ0) is 19.3. The number of carbonyl (C=O) groups excluding carboxylic acids is 2. The molecule has 0 fully saturated rings. The summed E-state index contributed by atoms with van der Waals surface area (Å²) in [6, 6.07) is -1.04. The Bertz CT molecular complexity index is 427. The first kappa shape index (κ1) is 24.1. The molecule has 0 aromatic heterocycles. The van der Waals surface area contributed by atoms with E-state index in [4.69, 9.17) is 28.0 Å². The highest BCUT2D eigenvalue weighted by Gasteiger charge is 2.44. The van der Waals surface area contributed by atoms with Crippen LogP contribution in [0, 0.1) is 0 Å². The van der Waals surface area contributed by atoms with Crippen molar-refractivity contribution in [3.8, 4) is 0 Å². The van der Waals surface area contributed by atoms with Crippen LogP contribution in [-0.2, 0) is 37.6 Å². The molecule has 0 aromatic carbocycles. The van der Waals surface area contributed by atoms with E-state index in [9.17, 15) is 9.59 Å². The molecular formula is C16H31O8P. The van der Waals surface area contributed by atoms with E-state index in [0.29, 0.717) is 0 Å². The van der Waals surface area contributed by atoms with Gasteiger partial charge in [0.1, 0.15) is 0 Å². The molecule has 0 atom stereocenters. The van der Waals surface area contributed by atoms with E-state index < -0.39 is 25.3 Å². The van der Waals surface area contributed by atoms with Crippen LogP contribution < -0.4 is 0 Å². The Morgan fingerprint density at radius 2 is 1.08 bits per heavy atom. The van der Waals surface area contributed by atoms with Gasteiger partial charge in [0.25, 0.3) is 0 Å². The maximum Gasteiger partial charge on any atom is 0.350 e. The van der Waals surface area contributed by atoms with Gasteiger partial charge in [-0.15, -0.1) is 0 Å². The van der Waals surface area contributed by atoms with E-state index in [1.165, 1.54) is 0 Å². The summed E-state index contributed by atoms with van der Waals surface area (Å²) in [5, 5.41) is -0.327. The minimum Gasteiger partial charge on any atom is -0.462 e. The molecule has 0 aliphatic heterocycles. The van der Waals surface area contributed by atoms with Gasteiger partial charge < -0.3 is 28.0 Å². The van der Waals surface area contributed by atoms with E-state index in [2.05, 4.69) is 0 Å². The first-order chi connectivity index (χ1) is 12.0. The van der Waals surface area contributed by atoms with E-state index in [-0.39, 0.29) is 44.9 Å². The number of esters is 2. The van der Waals surface area contributed by atoms with Crippen molar-refractivity contribution < 1.29 is 37.6 Å². The number of hydrogen-bond acceptors (Lipinski definition) is 8. The normalized spacial score (nSPS) is 11.5. The Morgan fingerprint density at radius 1 is 0.680 bits per heavy atom. The van der Waals surface area contributed by atoms with Crippen LogP contribution in [0.15, 0.2) is 0 Å². The summed E-state index contributed by atoms with van der Waals surface area (Å²) in [4.78, 5) is 25.1. The fraction of sp³-hybridized carbons (Fsp3) is 0.812. The molecule has 0 heterocycles. The zero-order valence-electron chi connectivity index (χ0n) is 16.0. The van der Waals surface area contributed by atoms with E-state index in [0.717, 1.165) is 0 Å². The van der Waals surface area contributed by atoms with Crippen molar-refractivity contribution >= 4 is 24.6 Å². The van der Waals surface area contributed by atoms with Crippen LogP contribution in [0.1, 0.15) is 41.5 Å². The van der Waals surface area contributed by atoms with Crippen LogP contribution in [0.4, 0.5) is 0 Å². The van der Waals surface area contributed by atoms with Crippen LogP contribution in [-0.4, -0.2) is 62.9 Å². The summed E-state index contributed by atoms with van der Waals surface area (Å²) in [5.41, 5.74) is 0. The lowest BCUT2D eigenvalue weighted by Crippen LogP contribution is -2.35. The summed E-state index contributed by atoms with van der Waals surface area (Å²) < 4.78 is 33.0. The lowest BCUT2D eigenvalue weighted by Gasteiger charge is -2.33. The van der Waals surface area contributed by atoms with Gasteiger partial charge in [0, 0.05) is 13.2 Å². The maximum absolute atomic E-state index is 12.6. The number of rotatable bonds is 13. The average Bonchev–Trinajstić information content (AvgIpc) is 2.55. The molecular weight excluding hydrogens is 351 g/mol. The zero-order valence-corrected chi connectivity index (χ0v) is 16.9. The van der Waals surface area contributed by atoms with Gasteiger partial charge in [0.15, 0.2) is 5.29 Å². The molecule has 0 amide bonds. The summed E-state index contributed by atoms with van der Waals surface area (Å²) in [6.45, 7) is 11.4. The van der Waals surface area contributed by atoms with E-state index >= 15 is 0 Å². The summed E-state index contributed by atoms with van der Waals surface area (Å²) >= 11 is 0. The third-order valence-electron chi connectivity index (χ3n) is 2.79. The minimum absolute atomic E-state index is 0.0912. The fourth-order valence-corrected chi connectivity index (χ4v) is 4.93. The fourth-order valence-electron chi connectivity index (χ4n) is 2.04. The Morgan fingerprint density at radius 3 is 1.36 bits per heavy atom. The van der Waals surface area contributed by atoms with Crippen LogP contribution in [0.2, 0.25) is 0 Å². The van der Waals surface area contributed by atoms with Gasteiger partial charge >= 0.3 is 11.9 Å². The van der Waals surface area contributed by atoms with Gasteiger partial charge in [-0.3, -0.25) is 0 Å². The predicted octanol–water partition coefficient (Wildman–Crippen LogP) is 2.56. The Hall–Kier alpha value is -0.920. The molecule has 0 radical (unpaired) electrons. The maximum atomic E-state index is 12.6. The van der Waals surface area contributed by atoms with Crippen molar-refractivity contribution in [2.75, 3.05) is 39.6 Å². The molecule has 25 heavy (non-hydrogen) atoms. The highest BCUT2D eigenvalue weighted by molar-refractivity contribution is 7.71. The third kappa shape index (κ3) is 6.72. The molecule has 0 saturated carbocycles. The first-order valence-electron chi connectivity index (χ1n) is 8.61. The predicted molar refractivity (Wildman–Crippen MR) is 95.5 cm³/mol. The van der Waals surface area contributed by atoms with Crippen molar-refractivity contribution in [3.05, 3.63) is 0 Å². The molecule has 148 valence electrons. The number of hydrogen-bond donors (Lipinski definition) is 0. The summed E-state index contributed by atoms with van der Waals surface area (Å²) in [6.07, 6.45) is 0. The van der Waals surface area contributed by atoms with Gasteiger partial charge in [-0.2, -0.15) is 0 Å². The lowest BCUT2D eigenvalue weighted by molar-refractivity contribution is -0.140. The van der Waals surface area contributed by atoms with Crippen molar-refractivity contribution in [2.24, 2.45) is 0 Å². The quantitative estimate of drug-likeness (QED) is 0.208. The topological polar surface area (TPSA) is 89.5 Å². The molecule has 0 unspecified atom stereocenters. The number of ether oxygens (including phenoxy) is 4. The van der Waals surface area contributed by atoms with Crippen LogP contribution in [0.5, 0.6) is 0 Å². The van der Waals surface area contributed by atoms with Crippen LogP contribution in [0.3, 0.4) is 0 Å². The van der Waals surface area contributed by atoms with E-state index in [1.807, 2.05) is 0 Å². The van der Waals surface area contributed by atoms with Crippen molar-refractivity contribution in [1.82, 2.24) is 0 Å². The molecule has 9 heteroatoms. The molecule has 0 rings (SSSR count). The monoisotopic (exact) mass is 382 g/mol. The number of carbonyl (C=O) groups is 2. The van der Waals surface area contributed by atoms with Gasteiger partial charge in [0.2, 0.25) is 13.4 Å². The van der Waals surface area contributed by atoms with Crippen molar-refractivity contribution in [1.29, 1.82) is 0 Å². The minimum atomic E-state index is -3.40. The Labute approximate surface area is 150 Å².